The highest BCUT2D eigenvalue weighted by molar-refractivity contribution is 6.18. The molecule has 0 radical (unpaired) electrons. The number of methoxy groups -OCH3 is 1. The Morgan fingerprint density at radius 2 is 1.70 bits per heavy atom. The largest absolute Gasteiger partial charge is 0.497 e. The number of nitrogens with zero attached hydrogens (tertiary/aromatic N) is 3. The van der Waals surface area contributed by atoms with Gasteiger partial charge in [-0.05, 0) is 35.9 Å². The van der Waals surface area contributed by atoms with Gasteiger partial charge in [0.15, 0.2) is 5.84 Å². The second-order valence-electron chi connectivity index (χ2n) is 6.99. The van der Waals surface area contributed by atoms with Gasteiger partial charge in [0.2, 0.25) is 0 Å². The monoisotopic (exact) mass is 442 g/mol. The number of hydrazine groups is 1. The molecule has 1 aliphatic heterocycles. The maximum atomic E-state index is 13.2. The summed E-state index contributed by atoms with van der Waals surface area (Å²) < 4.78 is 5.15. The van der Waals surface area contributed by atoms with Gasteiger partial charge < -0.3 is 4.74 Å². The molecular weight excluding hydrogens is 424 g/mol. The number of hydrogen-bond donors (Lipinski definition) is 1. The number of non-ortho nitro benzene ring substituents is 1. The van der Waals surface area contributed by atoms with Crippen molar-refractivity contribution in [2.24, 2.45) is 4.99 Å². The van der Waals surface area contributed by atoms with Crippen LogP contribution in [0, 0.1) is 10.1 Å². The second kappa shape index (κ2) is 9.15. The zero-order chi connectivity index (χ0) is 23.4. The maximum Gasteiger partial charge on any atom is 0.288 e. The minimum Gasteiger partial charge on any atom is -0.497 e. The Balaban J connectivity index is 1.73. The molecule has 0 saturated heterocycles. The van der Waals surface area contributed by atoms with Crippen LogP contribution in [0.25, 0.3) is 6.08 Å². The van der Waals surface area contributed by atoms with Gasteiger partial charge in [-0.15, -0.1) is 0 Å². The van der Waals surface area contributed by atoms with Crippen LogP contribution in [0.1, 0.15) is 21.5 Å². The van der Waals surface area contributed by atoms with Gasteiger partial charge in [-0.3, -0.25) is 25.1 Å². The molecule has 0 fully saturated rings. The standard InChI is InChI=1S/C24H18N4O5/c1-33-20-13-7-16(8-14-20)15-21-23(29)26-27(22(25-21)17-5-3-2-4-6-17)24(30)18-9-11-19(12-10-18)28(31)32/h2-15H,1H3,(H,26,29)/b21-15+. The first-order valence-electron chi connectivity index (χ1n) is 9.86. The molecule has 0 bridgehead atoms. The minimum atomic E-state index is -0.579. The lowest BCUT2D eigenvalue weighted by molar-refractivity contribution is -0.384. The van der Waals surface area contributed by atoms with E-state index in [-0.39, 0.29) is 22.8 Å². The summed E-state index contributed by atoms with van der Waals surface area (Å²) in [6.07, 6.45) is 1.60. The van der Waals surface area contributed by atoms with Crippen molar-refractivity contribution in [3.8, 4) is 5.75 Å². The molecule has 4 rings (SSSR count). The lowest BCUT2D eigenvalue weighted by atomic mass is 10.1. The molecule has 0 atom stereocenters. The maximum absolute atomic E-state index is 13.2. The summed E-state index contributed by atoms with van der Waals surface area (Å²) in [5.41, 5.74) is 4.05. The molecule has 0 unspecified atom stereocenters. The molecule has 164 valence electrons. The van der Waals surface area contributed by atoms with E-state index in [2.05, 4.69) is 10.4 Å². The summed E-state index contributed by atoms with van der Waals surface area (Å²) in [6.45, 7) is 0. The third kappa shape index (κ3) is 4.62. The number of nitrogens with one attached hydrogen (secondary N) is 1. The van der Waals surface area contributed by atoms with E-state index in [0.717, 1.165) is 10.6 Å². The normalized spacial score (nSPS) is 14.5. The van der Waals surface area contributed by atoms with E-state index >= 15 is 0 Å². The highest BCUT2D eigenvalue weighted by Gasteiger charge is 2.30. The van der Waals surface area contributed by atoms with Gasteiger partial charge >= 0.3 is 0 Å². The molecule has 1 heterocycles. The van der Waals surface area contributed by atoms with Crippen LogP contribution >= 0.6 is 0 Å². The van der Waals surface area contributed by atoms with Crippen LogP contribution in [0.4, 0.5) is 5.69 Å². The SMILES string of the molecule is COc1ccc(/C=C2/N=C(c3ccccc3)N(C(=O)c3ccc([N+](=O)[O-])cc3)NC2=O)cc1. The van der Waals surface area contributed by atoms with Gasteiger partial charge in [-0.2, -0.15) is 5.01 Å². The van der Waals surface area contributed by atoms with Gasteiger partial charge in [-0.1, -0.05) is 42.5 Å². The molecule has 1 aliphatic rings. The van der Waals surface area contributed by atoms with Crippen LogP contribution < -0.4 is 10.2 Å². The summed E-state index contributed by atoms with van der Waals surface area (Å²) in [5, 5.41) is 12.0. The van der Waals surface area contributed by atoms with Crippen molar-refractivity contribution in [3.63, 3.8) is 0 Å². The zero-order valence-corrected chi connectivity index (χ0v) is 17.5. The molecule has 9 nitrogen and oxygen atoms in total. The number of amides is 2. The number of rotatable bonds is 5. The van der Waals surface area contributed by atoms with Crippen molar-refractivity contribution >= 4 is 29.4 Å². The smallest absolute Gasteiger partial charge is 0.288 e. The second-order valence-corrected chi connectivity index (χ2v) is 6.99. The number of amidine groups is 1. The summed E-state index contributed by atoms with van der Waals surface area (Å²) in [4.78, 5) is 40.8. The summed E-state index contributed by atoms with van der Waals surface area (Å²) in [5.74, 6) is -0.248. The third-order valence-electron chi connectivity index (χ3n) is 4.86. The van der Waals surface area contributed by atoms with Crippen molar-refractivity contribution in [1.82, 2.24) is 10.4 Å². The van der Waals surface area contributed by atoms with Crippen molar-refractivity contribution in [2.75, 3.05) is 7.11 Å². The van der Waals surface area contributed by atoms with Crippen molar-refractivity contribution in [3.05, 3.63) is 111 Å². The van der Waals surface area contributed by atoms with E-state index < -0.39 is 16.7 Å². The van der Waals surface area contributed by atoms with Gasteiger partial charge in [0.25, 0.3) is 17.5 Å². The Hall–Kier alpha value is -4.79. The van der Waals surface area contributed by atoms with Gasteiger partial charge in [0.05, 0.1) is 12.0 Å². The Bertz CT molecular complexity index is 1270. The molecule has 3 aromatic carbocycles. The Morgan fingerprint density at radius 3 is 2.30 bits per heavy atom. The van der Waals surface area contributed by atoms with Crippen LogP contribution in [0.15, 0.2) is 89.6 Å². The number of aliphatic imine (C=N–C) groups is 1. The van der Waals surface area contributed by atoms with E-state index in [1.807, 2.05) is 6.07 Å². The van der Waals surface area contributed by atoms with E-state index in [4.69, 9.17) is 4.74 Å². The van der Waals surface area contributed by atoms with Gasteiger partial charge in [0, 0.05) is 23.3 Å². The Morgan fingerprint density at radius 1 is 1.03 bits per heavy atom. The van der Waals surface area contributed by atoms with Crippen LogP contribution in [0.3, 0.4) is 0 Å². The van der Waals surface area contributed by atoms with Gasteiger partial charge in [-0.25, -0.2) is 4.99 Å². The zero-order valence-electron chi connectivity index (χ0n) is 17.5. The van der Waals surface area contributed by atoms with Crippen LogP contribution in [0.5, 0.6) is 5.75 Å². The molecule has 9 heteroatoms. The quantitative estimate of drug-likeness (QED) is 0.369. The molecule has 0 aromatic heterocycles. The van der Waals surface area contributed by atoms with E-state index in [0.29, 0.717) is 11.3 Å². The molecule has 1 N–H and O–H groups in total. The Labute approximate surface area is 188 Å². The predicted octanol–water partition coefficient (Wildman–Crippen LogP) is 3.58. The number of nitro groups is 1. The van der Waals surface area contributed by atoms with E-state index in [1.54, 1.807) is 61.7 Å². The molecule has 2 amide bonds. The molecule has 3 aromatic rings. The first-order chi connectivity index (χ1) is 16.0. The topological polar surface area (TPSA) is 114 Å². The average Bonchev–Trinajstić information content (AvgIpc) is 2.85. The fourth-order valence-corrected chi connectivity index (χ4v) is 3.17. The summed E-state index contributed by atoms with van der Waals surface area (Å²) in [7, 11) is 1.56. The highest BCUT2D eigenvalue weighted by atomic mass is 16.6. The fraction of sp³-hybridized carbons (Fsp3) is 0.0417. The predicted molar refractivity (Wildman–Crippen MR) is 121 cm³/mol. The van der Waals surface area contributed by atoms with E-state index in [9.17, 15) is 19.7 Å². The number of ether oxygens (including phenoxy) is 1. The number of nitro benzene ring substituents is 1. The number of carbonyl (C=O) groups excluding carboxylic acids is 2. The summed E-state index contributed by atoms with van der Waals surface area (Å²) >= 11 is 0. The number of benzene rings is 3. The van der Waals surface area contributed by atoms with E-state index in [1.165, 1.54) is 24.3 Å². The molecular formula is C24H18N4O5. The average molecular weight is 442 g/mol. The highest BCUT2D eigenvalue weighted by Crippen LogP contribution is 2.21. The van der Waals surface area contributed by atoms with Crippen molar-refractivity contribution < 1.29 is 19.2 Å². The minimum absolute atomic E-state index is 0.117. The lowest BCUT2D eigenvalue weighted by Crippen LogP contribution is -2.53. The van der Waals surface area contributed by atoms with Gasteiger partial charge in [0.1, 0.15) is 11.4 Å². The first-order valence-corrected chi connectivity index (χ1v) is 9.86. The lowest BCUT2D eigenvalue weighted by Gasteiger charge is -2.28. The molecule has 0 spiro atoms. The molecule has 0 saturated carbocycles. The molecule has 0 aliphatic carbocycles. The number of hydrogen-bond acceptors (Lipinski definition) is 6. The van der Waals surface area contributed by atoms with Crippen LogP contribution in [0.2, 0.25) is 0 Å². The van der Waals surface area contributed by atoms with Crippen molar-refractivity contribution in [2.45, 2.75) is 0 Å². The van der Waals surface area contributed by atoms with Crippen LogP contribution in [-0.2, 0) is 4.79 Å². The van der Waals surface area contributed by atoms with Crippen molar-refractivity contribution in [1.29, 1.82) is 0 Å². The molecule has 33 heavy (non-hydrogen) atoms. The van der Waals surface area contributed by atoms with Crippen LogP contribution in [-0.4, -0.2) is 34.7 Å². The first kappa shape index (κ1) is 21.4. The summed E-state index contributed by atoms with van der Waals surface area (Å²) in [6, 6.07) is 21.1. The third-order valence-corrected chi connectivity index (χ3v) is 4.86. The fourth-order valence-electron chi connectivity index (χ4n) is 3.17. The number of carbonyl (C=O) groups is 2. The Kier molecular flexibility index (Phi) is 5.94.